The van der Waals surface area contributed by atoms with Gasteiger partial charge in [0.15, 0.2) is 5.84 Å². The van der Waals surface area contributed by atoms with E-state index in [-0.39, 0.29) is 11.4 Å². The first-order valence-electron chi connectivity index (χ1n) is 8.41. The number of fused-ring (bicyclic) bond motifs is 1. The molecule has 2 aromatic carbocycles. The van der Waals surface area contributed by atoms with Crippen LogP contribution in [0.15, 0.2) is 64.2 Å². The van der Waals surface area contributed by atoms with Crippen LogP contribution in [-0.2, 0) is 11.2 Å². The molecule has 140 valence electrons. The van der Waals surface area contributed by atoms with E-state index in [1.807, 2.05) is 36.4 Å². The number of hydrogen-bond donors (Lipinski definition) is 1. The maximum absolute atomic E-state index is 12.5. The van der Waals surface area contributed by atoms with Crippen LogP contribution in [-0.4, -0.2) is 34.1 Å². The van der Waals surface area contributed by atoms with Crippen LogP contribution in [0.2, 0.25) is 5.02 Å². The van der Waals surface area contributed by atoms with Crippen LogP contribution >= 0.6 is 23.4 Å². The van der Waals surface area contributed by atoms with Gasteiger partial charge in [-0.1, -0.05) is 35.9 Å². The number of benzene rings is 2. The van der Waals surface area contributed by atoms with Gasteiger partial charge < -0.3 is 4.74 Å². The Hall–Kier alpha value is -2.90. The predicted octanol–water partition coefficient (Wildman–Crippen LogP) is 4.21. The lowest BCUT2D eigenvalue weighted by molar-refractivity contribution is -0.114. The lowest BCUT2D eigenvalue weighted by Crippen LogP contribution is -2.35. The monoisotopic (exact) mass is 410 g/mol. The number of amidine groups is 2. The van der Waals surface area contributed by atoms with Crippen LogP contribution in [0.1, 0.15) is 11.1 Å². The van der Waals surface area contributed by atoms with E-state index in [0.717, 1.165) is 21.9 Å². The first-order chi connectivity index (χ1) is 13.5. The summed E-state index contributed by atoms with van der Waals surface area (Å²) in [7, 11) is 1.59. The number of carbonyl (C=O) groups excluding carboxylic acids is 1. The molecule has 8 heteroatoms. The van der Waals surface area contributed by atoms with Crippen molar-refractivity contribution in [2.75, 3.05) is 7.11 Å². The molecule has 2 aliphatic rings. The van der Waals surface area contributed by atoms with Gasteiger partial charge in [0.2, 0.25) is 5.17 Å². The van der Waals surface area contributed by atoms with Crippen molar-refractivity contribution in [3.05, 3.63) is 70.3 Å². The summed E-state index contributed by atoms with van der Waals surface area (Å²) in [6.45, 7) is 0. The summed E-state index contributed by atoms with van der Waals surface area (Å²) in [6.07, 6.45) is 2.22. The van der Waals surface area contributed by atoms with Crippen molar-refractivity contribution in [2.24, 2.45) is 10.1 Å². The zero-order valence-corrected chi connectivity index (χ0v) is 16.4. The largest absolute Gasteiger partial charge is 0.497 e. The summed E-state index contributed by atoms with van der Waals surface area (Å²) < 4.78 is 5.14. The van der Waals surface area contributed by atoms with Gasteiger partial charge in [0, 0.05) is 11.4 Å². The minimum absolute atomic E-state index is 0.0180. The van der Waals surface area contributed by atoms with Crippen LogP contribution in [0.25, 0.3) is 6.08 Å². The summed E-state index contributed by atoms with van der Waals surface area (Å²) in [5, 5.41) is 16.2. The highest BCUT2D eigenvalue weighted by Gasteiger charge is 2.35. The van der Waals surface area contributed by atoms with Gasteiger partial charge in [-0.05, 0) is 53.2 Å². The van der Waals surface area contributed by atoms with Gasteiger partial charge in [0.25, 0.3) is 5.91 Å². The van der Waals surface area contributed by atoms with Gasteiger partial charge >= 0.3 is 0 Å². The van der Waals surface area contributed by atoms with Crippen molar-refractivity contribution < 1.29 is 9.53 Å². The fourth-order valence-electron chi connectivity index (χ4n) is 2.75. The first kappa shape index (κ1) is 18.5. The molecule has 28 heavy (non-hydrogen) atoms. The Morgan fingerprint density at radius 3 is 2.57 bits per heavy atom. The Labute approximate surface area is 171 Å². The van der Waals surface area contributed by atoms with Gasteiger partial charge in [-0.2, -0.15) is 15.1 Å². The zero-order valence-electron chi connectivity index (χ0n) is 14.8. The number of rotatable bonds is 4. The van der Waals surface area contributed by atoms with Gasteiger partial charge in [-0.25, -0.2) is 0 Å². The molecule has 0 saturated heterocycles. The lowest BCUT2D eigenvalue weighted by atomic mass is 10.1. The van der Waals surface area contributed by atoms with Crippen LogP contribution in [0.3, 0.4) is 0 Å². The molecule has 0 saturated carbocycles. The third-order valence-corrected chi connectivity index (χ3v) is 5.35. The number of nitrogens with one attached hydrogen (secondary N) is 1. The zero-order chi connectivity index (χ0) is 19.7. The highest BCUT2D eigenvalue weighted by atomic mass is 35.5. The Kier molecular flexibility index (Phi) is 5.02. The molecule has 2 aromatic rings. The van der Waals surface area contributed by atoms with Crippen LogP contribution in [0, 0.1) is 5.41 Å². The maximum Gasteiger partial charge on any atom is 0.283 e. The fraction of sp³-hybridized carbons (Fsp3) is 0.100. The molecule has 0 radical (unpaired) electrons. The number of nitrogens with zero attached hydrogens (tertiary/aromatic N) is 3. The first-order valence-corrected chi connectivity index (χ1v) is 9.60. The molecule has 0 aromatic heterocycles. The number of hydrogen-bond acceptors (Lipinski definition) is 5. The maximum atomic E-state index is 12.5. The van der Waals surface area contributed by atoms with E-state index in [1.165, 1.54) is 16.8 Å². The highest BCUT2D eigenvalue weighted by Crippen LogP contribution is 2.30. The number of thioether (sulfide) groups is 1. The number of halogens is 1. The van der Waals surface area contributed by atoms with Crippen molar-refractivity contribution in [1.82, 2.24) is 5.01 Å². The SMILES string of the molecule is COc1ccc(/C=C2\C(=N)N3N=C(Cc4ccc(Cl)cc4)SC3=NC2=O)cc1. The Balaban J connectivity index is 1.57. The van der Waals surface area contributed by atoms with Gasteiger partial charge in [-0.15, -0.1) is 0 Å². The summed E-state index contributed by atoms with van der Waals surface area (Å²) >= 11 is 7.22. The van der Waals surface area contributed by atoms with Gasteiger partial charge in [-0.3, -0.25) is 10.2 Å². The molecule has 6 nitrogen and oxygen atoms in total. The van der Waals surface area contributed by atoms with Crippen molar-refractivity contribution in [2.45, 2.75) is 6.42 Å². The highest BCUT2D eigenvalue weighted by molar-refractivity contribution is 8.26. The molecule has 0 spiro atoms. The molecule has 0 aliphatic carbocycles. The Bertz CT molecular complexity index is 1040. The molecular formula is C20H15ClN4O2S. The second-order valence-electron chi connectivity index (χ2n) is 6.09. The average molecular weight is 411 g/mol. The molecule has 1 N–H and O–H groups in total. The van der Waals surface area contributed by atoms with E-state index >= 15 is 0 Å². The van der Waals surface area contributed by atoms with Crippen molar-refractivity contribution in [1.29, 1.82) is 5.41 Å². The van der Waals surface area contributed by atoms with Gasteiger partial charge in [0.1, 0.15) is 10.8 Å². The van der Waals surface area contributed by atoms with E-state index < -0.39 is 5.91 Å². The second kappa shape index (κ2) is 7.61. The minimum atomic E-state index is -0.442. The summed E-state index contributed by atoms with van der Waals surface area (Å²) in [6, 6.07) is 14.7. The number of carbonyl (C=O) groups is 1. The summed E-state index contributed by atoms with van der Waals surface area (Å²) in [5.74, 6) is 0.298. The van der Waals surface area contributed by atoms with Crippen LogP contribution in [0.5, 0.6) is 5.75 Å². The van der Waals surface area contributed by atoms with Gasteiger partial charge in [0.05, 0.1) is 12.7 Å². The van der Waals surface area contributed by atoms with E-state index in [0.29, 0.717) is 16.6 Å². The number of ether oxygens (including phenoxy) is 1. The number of amides is 1. The standard InChI is InChI=1S/C20H15ClN4O2S/c1-27-15-8-4-12(5-9-15)10-16-18(22)25-20(23-19(16)26)28-17(24-25)11-13-2-6-14(21)7-3-13/h2-10,22H,11H2,1H3/b16-10+,22-18?. The third kappa shape index (κ3) is 3.72. The molecule has 4 rings (SSSR count). The molecule has 0 bridgehead atoms. The van der Waals surface area contributed by atoms with Crippen LogP contribution < -0.4 is 4.74 Å². The normalized spacial score (nSPS) is 17.5. The molecular weight excluding hydrogens is 396 g/mol. The molecule has 0 atom stereocenters. The third-order valence-electron chi connectivity index (χ3n) is 4.19. The fourth-order valence-corrected chi connectivity index (χ4v) is 3.79. The quantitative estimate of drug-likeness (QED) is 0.766. The van der Waals surface area contributed by atoms with E-state index in [9.17, 15) is 4.79 Å². The summed E-state index contributed by atoms with van der Waals surface area (Å²) in [5.41, 5.74) is 2.03. The summed E-state index contributed by atoms with van der Waals surface area (Å²) in [4.78, 5) is 16.6. The smallest absolute Gasteiger partial charge is 0.283 e. The molecule has 0 fully saturated rings. The average Bonchev–Trinajstić information content (AvgIpc) is 3.10. The Morgan fingerprint density at radius 2 is 1.89 bits per heavy atom. The van der Waals surface area contributed by atoms with Crippen molar-refractivity contribution >= 4 is 51.4 Å². The molecule has 2 aliphatic heterocycles. The van der Waals surface area contributed by atoms with Crippen LogP contribution in [0.4, 0.5) is 0 Å². The minimum Gasteiger partial charge on any atom is -0.497 e. The molecule has 2 heterocycles. The Morgan fingerprint density at radius 1 is 1.18 bits per heavy atom. The number of methoxy groups -OCH3 is 1. The lowest BCUT2D eigenvalue weighted by Gasteiger charge is -2.20. The van der Waals surface area contributed by atoms with E-state index in [4.69, 9.17) is 21.7 Å². The second-order valence-corrected chi connectivity index (χ2v) is 7.57. The van der Waals surface area contributed by atoms with Crippen molar-refractivity contribution in [3.8, 4) is 5.75 Å². The number of aliphatic imine (C=N–C) groups is 1. The molecule has 1 amide bonds. The van der Waals surface area contributed by atoms with Crippen molar-refractivity contribution in [3.63, 3.8) is 0 Å². The number of hydrazone groups is 1. The topological polar surface area (TPSA) is 78.1 Å². The van der Waals surface area contributed by atoms with E-state index in [1.54, 1.807) is 25.3 Å². The predicted molar refractivity (Wildman–Crippen MR) is 113 cm³/mol. The van der Waals surface area contributed by atoms with E-state index in [2.05, 4.69) is 10.1 Å². The molecule has 0 unspecified atom stereocenters.